The minimum Gasteiger partial charge on any atom is -0.497 e. The highest BCUT2D eigenvalue weighted by atomic mass is 16.5. The van der Waals surface area contributed by atoms with Gasteiger partial charge in [0.25, 0.3) is 0 Å². The first kappa shape index (κ1) is 12.7. The first-order valence-electron chi connectivity index (χ1n) is 5.41. The number of carboxylic acids is 1. The molecule has 1 heterocycles. The minimum absolute atomic E-state index is 0.0186. The third-order valence-corrected chi connectivity index (χ3v) is 2.36. The molecule has 6 heteroatoms. The minimum atomic E-state index is -1.15. The van der Waals surface area contributed by atoms with Gasteiger partial charge in [0.15, 0.2) is 0 Å². The lowest BCUT2D eigenvalue weighted by atomic mass is 10.2. The van der Waals surface area contributed by atoms with Crippen molar-refractivity contribution in [1.82, 2.24) is 4.98 Å². The van der Waals surface area contributed by atoms with E-state index in [0.29, 0.717) is 11.5 Å². The maximum atomic E-state index is 11.1. The van der Waals surface area contributed by atoms with Crippen molar-refractivity contribution in [3.05, 3.63) is 42.1 Å². The average Bonchev–Trinajstić information content (AvgIpc) is 2.41. The third-order valence-electron chi connectivity index (χ3n) is 2.36. The second kappa shape index (κ2) is 5.26. The Morgan fingerprint density at radius 3 is 2.74 bits per heavy atom. The molecular formula is C13H12N2O4. The number of nitrogens with two attached hydrogens (primary N) is 1. The van der Waals surface area contributed by atoms with Crippen LogP contribution in [0.25, 0.3) is 0 Å². The Kier molecular flexibility index (Phi) is 3.51. The molecule has 1 aromatic heterocycles. The van der Waals surface area contributed by atoms with Crippen molar-refractivity contribution in [2.75, 3.05) is 12.8 Å². The Balaban J connectivity index is 2.34. The second-order valence-corrected chi connectivity index (χ2v) is 3.71. The lowest BCUT2D eigenvalue weighted by molar-refractivity contribution is 0.0693. The maximum absolute atomic E-state index is 11.1. The molecule has 2 aromatic rings. The number of carbonyl (C=O) groups is 1. The summed E-state index contributed by atoms with van der Waals surface area (Å²) in [6, 6.07) is 8.08. The molecule has 0 aliphatic heterocycles. The smallest absolute Gasteiger partial charge is 0.341 e. The van der Waals surface area contributed by atoms with Crippen molar-refractivity contribution in [3.63, 3.8) is 0 Å². The number of ether oxygens (including phenoxy) is 2. The quantitative estimate of drug-likeness (QED) is 0.874. The fourth-order valence-corrected chi connectivity index (χ4v) is 1.48. The van der Waals surface area contributed by atoms with Crippen LogP contribution in [0.4, 0.5) is 5.69 Å². The summed E-state index contributed by atoms with van der Waals surface area (Å²) >= 11 is 0. The SMILES string of the molecule is COc1cccc(Oc2ncc(N)cc2C(=O)O)c1. The Morgan fingerprint density at radius 1 is 1.32 bits per heavy atom. The highest BCUT2D eigenvalue weighted by Gasteiger charge is 2.14. The summed E-state index contributed by atoms with van der Waals surface area (Å²) in [4.78, 5) is 15.0. The Bertz CT molecular complexity index is 613. The van der Waals surface area contributed by atoms with E-state index in [0.717, 1.165) is 0 Å². The summed E-state index contributed by atoms with van der Waals surface area (Å²) in [5, 5.41) is 9.07. The van der Waals surface area contributed by atoms with E-state index in [1.165, 1.54) is 19.4 Å². The molecule has 0 saturated heterocycles. The van der Waals surface area contributed by atoms with E-state index in [-0.39, 0.29) is 17.1 Å². The largest absolute Gasteiger partial charge is 0.497 e. The summed E-state index contributed by atoms with van der Waals surface area (Å²) in [6.07, 6.45) is 1.34. The maximum Gasteiger partial charge on any atom is 0.341 e. The van der Waals surface area contributed by atoms with Crippen molar-refractivity contribution in [2.24, 2.45) is 0 Å². The summed E-state index contributed by atoms with van der Waals surface area (Å²) < 4.78 is 10.5. The third kappa shape index (κ3) is 2.92. The number of hydrogen-bond donors (Lipinski definition) is 2. The standard InChI is InChI=1S/C13H12N2O4/c1-18-9-3-2-4-10(6-9)19-12-11(13(16)17)5-8(14)7-15-12/h2-7H,14H2,1H3,(H,16,17). The number of hydrogen-bond acceptors (Lipinski definition) is 5. The average molecular weight is 260 g/mol. The van der Waals surface area contributed by atoms with Gasteiger partial charge in [-0.05, 0) is 18.2 Å². The predicted octanol–water partition coefficient (Wildman–Crippen LogP) is 2.16. The van der Waals surface area contributed by atoms with Crippen LogP contribution >= 0.6 is 0 Å². The van der Waals surface area contributed by atoms with Gasteiger partial charge in [-0.1, -0.05) is 6.07 Å². The number of nitrogen functional groups attached to an aromatic ring is 1. The second-order valence-electron chi connectivity index (χ2n) is 3.71. The molecule has 0 spiro atoms. The highest BCUT2D eigenvalue weighted by molar-refractivity contribution is 5.91. The van der Waals surface area contributed by atoms with Crippen molar-refractivity contribution in [2.45, 2.75) is 0 Å². The van der Waals surface area contributed by atoms with E-state index in [2.05, 4.69) is 4.98 Å². The molecule has 3 N–H and O–H groups in total. The molecular weight excluding hydrogens is 248 g/mol. The van der Waals surface area contributed by atoms with Crippen LogP contribution in [0.3, 0.4) is 0 Å². The van der Waals surface area contributed by atoms with Gasteiger partial charge in [0.05, 0.1) is 19.0 Å². The van der Waals surface area contributed by atoms with E-state index in [1.807, 2.05) is 0 Å². The molecule has 0 radical (unpaired) electrons. The van der Waals surface area contributed by atoms with Gasteiger partial charge in [0, 0.05) is 6.07 Å². The zero-order valence-corrected chi connectivity index (χ0v) is 10.2. The first-order valence-corrected chi connectivity index (χ1v) is 5.41. The molecule has 0 amide bonds. The van der Waals surface area contributed by atoms with Gasteiger partial charge in [0.1, 0.15) is 17.1 Å². The fraction of sp³-hybridized carbons (Fsp3) is 0.0769. The fourth-order valence-electron chi connectivity index (χ4n) is 1.48. The number of rotatable bonds is 4. The molecule has 1 aromatic carbocycles. The van der Waals surface area contributed by atoms with Crippen LogP contribution in [-0.4, -0.2) is 23.2 Å². The van der Waals surface area contributed by atoms with Gasteiger partial charge in [-0.3, -0.25) is 0 Å². The number of methoxy groups -OCH3 is 1. The van der Waals surface area contributed by atoms with Gasteiger partial charge in [-0.25, -0.2) is 9.78 Å². The van der Waals surface area contributed by atoms with Crippen molar-refractivity contribution < 1.29 is 19.4 Å². The summed E-state index contributed by atoms with van der Waals surface area (Å²) in [5.74, 6) is -0.142. The number of nitrogens with zero attached hydrogens (tertiary/aromatic N) is 1. The number of aromatic carboxylic acids is 1. The van der Waals surface area contributed by atoms with Crippen molar-refractivity contribution >= 4 is 11.7 Å². The molecule has 0 aliphatic carbocycles. The van der Waals surface area contributed by atoms with Crippen LogP contribution in [0.5, 0.6) is 17.4 Å². The molecule has 0 aliphatic rings. The van der Waals surface area contributed by atoms with E-state index in [9.17, 15) is 4.79 Å². The molecule has 6 nitrogen and oxygen atoms in total. The zero-order valence-electron chi connectivity index (χ0n) is 10.2. The van der Waals surface area contributed by atoms with Crippen LogP contribution in [-0.2, 0) is 0 Å². The number of carboxylic acid groups (broad SMARTS) is 1. The molecule has 19 heavy (non-hydrogen) atoms. The van der Waals surface area contributed by atoms with Gasteiger partial charge in [-0.15, -0.1) is 0 Å². The Hall–Kier alpha value is -2.76. The summed E-state index contributed by atoms with van der Waals surface area (Å²) in [5.41, 5.74) is 5.67. The summed E-state index contributed by atoms with van der Waals surface area (Å²) in [6.45, 7) is 0. The lowest BCUT2D eigenvalue weighted by Crippen LogP contribution is -2.03. The van der Waals surface area contributed by atoms with Crippen LogP contribution in [0.15, 0.2) is 36.5 Å². The van der Waals surface area contributed by atoms with Crippen LogP contribution in [0.2, 0.25) is 0 Å². The van der Waals surface area contributed by atoms with Crippen LogP contribution in [0, 0.1) is 0 Å². The Labute approximate surface area is 109 Å². The molecule has 0 atom stereocenters. The number of anilines is 1. The number of benzene rings is 1. The van der Waals surface area contributed by atoms with Crippen LogP contribution < -0.4 is 15.2 Å². The van der Waals surface area contributed by atoms with E-state index in [4.69, 9.17) is 20.3 Å². The first-order chi connectivity index (χ1) is 9.10. The molecule has 0 saturated carbocycles. The predicted molar refractivity (Wildman–Crippen MR) is 68.7 cm³/mol. The van der Waals surface area contributed by atoms with E-state index < -0.39 is 5.97 Å². The zero-order chi connectivity index (χ0) is 13.8. The van der Waals surface area contributed by atoms with Crippen LogP contribution in [0.1, 0.15) is 10.4 Å². The number of aromatic nitrogens is 1. The van der Waals surface area contributed by atoms with Crippen molar-refractivity contribution in [3.8, 4) is 17.4 Å². The molecule has 0 fully saturated rings. The normalized spacial score (nSPS) is 9.95. The van der Waals surface area contributed by atoms with Gasteiger partial charge < -0.3 is 20.3 Å². The molecule has 98 valence electrons. The molecule has 0 unspecified atom stereocenters. The topological polar surface area (TPSA) is 94.7 Å². The van der Waals surface area contributed by atoms with Crippen molar-refractivity contribution in [1.29, 1.82) is 0 Å². The monoisotopic (exact) mass is 260 g/mol. The van der Waals surface area contributed by atoms with E-state index >= 15 is 0 Å². The number of pyridine rings is 1. The van der Waals surface area contributed by atoms with Gasteiger partial charge >= 0.3 is 5.97 Å². The Morgan fingerprint density at radius 2 is 2.05 bits per heavy atom. The summed E-state index contributed by atoms with van der Waals surface area (Å²) in [7, 11) is 1.53. The lowest BCUT2D eigenvalue weighted by Gasteiger charge is -2.09. The molecule has 2 rings (SSSR count). The van der Waals surface area contributed by atoms with Gasteiger partial charge in [0.2, 0.25) is 5.88 Å². The van der Waals surface area contributed by atoms with Gasteiger partial charge in [-0.2, -0.15) is 0 Å². The molecule has 0 bridgehead atoms. The highest BCUT2D eigenvalue weighted by Crippen LogP contribution is 2.27. The van der Waals surface area contributed by atoms with E-state index in [1.54, 1.807) is 24.3 Å².